The van der Waals surface area contributed by atoms with Gasteiger partial charge in [-0.15, -0.1) is 0 Å². The number of hydrogen-bond acceptors (Lipinski definition) is 4. The first-order chi connectivity index (χ1) is 13.6. The van der Waals surface area contributed by atoms with E-state index in [1.807, 2.05) is 62.4 Å². The van der Waals surface area contributed by atoms with Crippen LogP contribution in [0.2, 0.25) is 0 Å². The zero-order valence-electron chi connectivity index (χ0n) is 16.3. The van der Waals surface area contributed by atoms with E-state index >= 15 is 0 Å². The SMILES string of the molecule is CCOc1ccccc1N1C[C@@H](C(=O)NCCOc2ccc(C)cc2)CC1=O. The lowest BCUT2D eigenvalue weighted by atomic mass is 10.1. The predicted octanol–water partition coefficient (Wildman–Crippen LogP) is 2.94. The lowest BCUT2D eigenvalue weighted by molar-refractivity contribution is -0.126. The molecular formula is C22H26N2O4. The van der Waals surface area contributed by atoms with Gasteiger partial charge < -0.3 is 19.7 Å². The Morgan fingerprint density at radius 3 is 2.64 bits per heavy atom. The van der Waals surface area contributed by atoms with Gasteiger partial charge in [0.2, 0.25) is 11.8 Å². The first kappa shape index (κ1) is 19.7. The van der Waals surface area contributed by atoms with Gasteiger partial charge in [0.05, 0.1) is 24.8 Å². The van der Waals surface area contributed by atoms with E-state index in [2.05, 4.69) is 5.32 Å². The van der Waals surface area contributed by atoms with Crippen molar-refractivity contribution in [3.05, 3.63) is 54.1 Å². The summed E-state index contributed by atoms with van der Waals surface area (Å²) in [5, 5.41) is 2.86. The topological polar surface area (TPSA) is 67.9 Å². The van der Waals surface area contributed by atoms with E-state index in [0.717, 1.165) is 5.75 Å². The largest absolute Gasteiger partial charge is 0.492 e. The van der Waals surface area contributed by atoms with E-state index in [1.54, 1.807) is 4.90 Å². The Morgan fingerprint density at radius 2 is 1.89 bits per heavy atom. The van der Waals surface area contributed by atoms with Gasteiger partial charge in [-0.05, 0) is 38.1 Å². The molecule has 0 spiro atoms. The molecule has 1 fully saturated rings. The summed E-state index contributed by atoms with van der Waals surface area (Å²) in [6.07, 6.45) is 0.200. The third kappa shape index (κ3) is 4.82. The lowest BCUT2D eigenvalue weighted by Crippen LogP contribution is -2.35. The van der Waals surface area contributed by atoms with Crippen molar-refractivity contribution in [3.8, 4) is 11.5 Å². The van der Waals surface area contributed by atoms with E-state index in [4.69, 9.17) is 9.47 Å². The molecule has 6 heteroatoms. The fourth-order valence-electron chi connectivity index (χ4n) is 3.20. The van der Waals surface area contributed by atoms with Gasteiger partial charge in [0.25, 0.3) is 0 Å². The van der Waals surface area contributed by atoms with Crippen molar-refractivity contribution in [2.24, 2.45) is 5.92 Å². The molecule has 1 heterocycles. The first-order valence-corrected chi connectivity index (χ1v) is 9.58. The summed E-state index contributed by atoms with van der Waals surface area (Å²) in [7, 11) is 0. The lowest BCUT2D eigenvalue weighted by Gasteiger charge is -2.20. The minimum Gasteiger partial charge on any atom is -0.492 e. The van der Waals surface area contributed by atoms with E-state index < -0.39 is 0 Å². The van der Waals surface area contributed by atoms with Gasteiger partial charge in [-0.1, -0.05) is 29.8 Å². The van der Waals surface area contributed by atoms with Crippen LogP contribution in [0.5, 0.6) is 11.5 Å². The second-order valence-electron chi connectivity index (χ2n) is 6.76. The molecular weight excluding hydrogens is 356 g/mol. The van der Waals surface area contributed by atoms with E-state index in [1.165, 1.54) is 5.56 Å². The summed E-state index contributed by atoms with van der Waals surface area (Å²) in [6.45, 7) is 5.57. The van der Waals surface area contributed by atoms with Gasteiger partial charge in [0.1, 0.15) is 18.1 Å². The summed E-state index contributed by atoms with van der Waals surface area (Å²) in [5.74, 6) is 0.863. The van der Waals surface area contributed by atoms with E-state index in [9.17, 15) is 9.59 Å². The summed E-state index contributed by atoms with van der Waals surface area (Å²) in [5.41, 5.74) is 1.88. The van der Waals surface area contributed by atoms with Crippen molar-refractivity contribution in [2.75, 3.05) is 31.2 Å². The maximum Gasteiger partial charge on any atom is 0.227 e. The third-order valence-corrected chi connectivity index (χ3v) is 4.64. The van der Waals surface area contributed by atoms with Crippen LogP contribution in [0, 0.1) is 12.8 Å². The molecule has 1 atom stereocenters. The van der Waals surface area contributed by atoms with Gasteiger partial charge >= 0.3 is 0 Å². The number of aryl methyl sites for hydroxylation is 1. The second-order valence-corrected chi connectivity index (χ2v) is 6.76. The normalized spacial score (nSPS) is 16.1. The van der Waals surface area contributed by atoms with Gasteiger partial charge in [0.15, 0.2) is 0 Å². The van der Waals surface area contributed by atoms with Crippen LogP contribution in [0.15, 0.2) is 48.5 Å². The number of carbonyl (C=O) groups is 2. The van der Waals surface area contributed by atoms with Crippen molar-refractivity contribution < 1.29 is 19.1 Å². The van der Waals surface area contributed by atoms with Crippen LogP contribution in [0.4, 0.5) is 5.69 Å². The number of rotatable bonds is 8. The zero-order chi connectivity index (χ0) is 19.9. The number of nitrogens with zero attached hydrogens (tertiary/aromatic N) is 1. The van der Waals surface area contributed by atoms with Gasteiger partial charge in [-0.3, -0.25) is 9.59 Å². The molecule has 1 N–H and O–H groups in total. The smallest absolute Gasteiger partial charge is 0.227 e. The molecule has 1 aliphatic rings. The van der Waals surface area contributed by atoms with Crippen molar-refractivity contribution >= 4 is 17.5 Å². The molecule has 1 saturated heterocycles. The predicted molar refractivity (Wildman–Crippen MR) is 108 cm³/mol. The Morgan fingerprint density at radius 1 is 1.14 bits per heavy atom. The van der Waals surface area contributed by atoms with Crippen LogP contribution < -0.4 is 19.7 Å². The Hall–Kier alpha value is -3.02. The fraction of sp³-hybridized carbons (Fsp3) is 0.364. The molecule has 148 valence electrons. The molecule has 6 nitrogen and oxygen atoms in total. The number of nitrogens with one attached hydrogen (secondary N) is 1. The highest BCUT2D eigenvalue weighted by Gasteiger charge is 2.36. The highest BCUT2D eigenvalue weighted by Crippen LogP contribution is 2.33. The summed E-state index contributed by atoms with van der Waals surface area (Å²) in [6, 6.07) is 15.2. The fourth-order valence-corrected chi connectivity index (χ4v) is 3.20. The van der Waals surface area contributed by atoms with Crippen LogP contribution in [0.25, 0.3) is 0 Å². The number of para-hydroxylation sites is 2. The van der Waals surface area contributed by atoms with Gasteiger partial charge in [0, 0.05) is 13.0 Å². The number of ether oxygens (including phenoxy) is 2. The van der Waals surface area contributed by atoms with Crippen LogP contribution in [0.3, 0.4) is 0 Å². The molecule has 28 heavy (non-hydrogen) atoms. The molecule has 1 aliphatic heterocycles. The molecule has 2 aromatic carbocycles. The van der Waals surface area contributed by atoms with Crippen molar-refractivity contribution in [1.29, 1.82) is 0 Å². The summed E-state index contributed by atoms with van der Waals surface area (Å²) in [4.78, 5) is 26.5. The maximum absolute atomic E-state index is 12.5. The Bertz CT molecular complexity index is 820. The molecule has 2 amide bonds. The number of amides is 2. The molecule has 0 aromatic heterocycles. The minimum absolute atomic E-state index is 0.0665. The molecule has 0 saturated carbocycles. The molecule has 0 bridgehead atoms. The van der Waals surface area contributed by atoms with Crippen LogP contribution in [-0.4, -0.2) is 38.1 Å². The molecule has 0 aliphatic carbocycles. The van der Waals surface area contributed by atoms with Crippen LogP contribution >= 0.6 is 0 Å². The average molecular weight is 382 g/mol. The molecule has 0 unspecified atom stereocenters. The number of carbonyl (C=O) groups excluding carboxylic acids is 2. The highest BCUT2D eigenvalue weighted by molar-refractivity contribution is 6.01. The quantitative estimate of drug-likeness (QED) is 0.713. The van der Waals surface area contributed by atoms with E-state index in [0.29, 0.717) is 37.7 Å². The third-order valence-electron chi connectivity index (χ3n) is 4.64. The van der Waals surface area contributed by atoms with Gasteiger partial charge in [-0.2, -0.15) is 0 Å². The molecule has 3 rings (SSSR count). The van der Waals surface area contributed by atoms with Crippen LogP contribution in [0.1, 0.15) is 18.9 Å². The average Bonchev–Trinajstić information content (AvgIpc) is 3.09. The van der Waals surface area contributed by atoms with Crippen molar-refractivity contribution in [3.63, 3.8) is 0 Å². The summed E-state index contributed by atoms with van der Waals surface area (Å²) < 4.78 is 11.2. The Balaban J connectivity index is 1.50. The second kappa shape index (κ2) is 9.26. The van der Waals surface area contributed by atoms with Crippen LogP contribution in [-0.2, 0) is 9.59 Å². The highest BCUT2D eigenvalue weighted by atomic mass is 16.5. The first-order valence-electron chi connectivity index (χ1n) is 9.58. The van der Waals surface area contributed by atoms with Crippen molar-refractivity contribution in [1.82, 2.24) is 5.32 Å². The summed E-state index contributed by atoms with van der Waals surface area (Å²) >= 11 is 0. The minimum atomic E-state index is -0.374. The van der Waals surface area contributed by atoms with Gasteiger partial charge in [-0.25, -0.2) is 0 Å². The number of anilines is 1. The Labute approximate surface area is 165 Å². The van der Waals surface area contributed by atoms with Crippen molar-refractivity contribution in [2.45, 2.75) is 20.3 Å². The monoisotopic (exact) mass is 382 g/mol. The maximum atomic E-state index is 12.5. The zero-order valence-corrected chi connectivity index (χ0v) is 16.3. The molecule has 0 radical (unpaired) electrons. The Kier molecular flexibility index (Phi) is 6.53. The number of hydrogen-bond donors (Lipinski definition) is 1. The standard InChI is InChI=1S/C22H26N2O4/c1-3-27-20-7-5-4-6-19(20)24-15-17(14-21(24)25)22(26)23-12-13-28-18-10-8-16(2)9-11-18/h4-11,17H,3,12-15H2,1-2H3,(H,23,26)/t17-/m0/s1. The van der Waals surface area contributed by atoms with E-state index in [-0.39, 0.29) is 24.2 Å². The molecule has 2 aromatic rings. The number of benzene rings is 2.